The maximum absolute atomic E-state index is 13.1. The van der Waals surface area contributed by atoms with E-state index in [9.17, 15) is 13.2 Å². The number of likely N-dealkylation sites (tertiary alicyclic amines) is 1. The zero-order valence-electron chi connectivity index (χ0n) is 22.9. The smallest absolute Gasteiger partial charge is 0.254 e. The van der Waals surface area contributed by atoms with Gasteiger partial charge in [0.2, 0.25) is 9.84 Å². The lowest BCUT2D eigenvalue weighted by molar-refractivity contribution is 0.0262. The molecule has 2 aromatic carbocycles. The Kier molecular flexibility index (Phi) is 8.42. The van der Waals surface area contributed by atoms with Crippen molar-refractivity contribution in [3.05, 3.63) is 76.7 Å². The van der Waals surface area contributed by atoms with Gasteiger partial charge >= 0.3 is 0 Å². The van der Waals surface area contributed by atoms with Gasteiger partial charge in [-0.2, -0.15) is 0 Å². The summed E-state index contributed by atoms with van der Waals surface area (Å²) in [5.41, 5.74) is 1.84. The lowest BCUT2D eigenvalue weighted by Gasteiger charge is -2.45. The van der Waals surface area contributed by atoms with Gasteiger partial charge in [0.25, 0.3) is 5.91 Å². The summed E-state index contributed by atoms with van der Waals surface area (Å²) in [6, 6.07) is 18.9. The van der Waals surface area contributed by atoms with Crippen LogP contribution >= 0.6 is 11.3 Å². The molecule has 2 aliphatic rings. The topological polar surface area (TPSA) is 70.2 Å². The van der Waals surface area contributed by atoms with Crippen LogP contribution in [0.5, 0.6) is 5.75 Å². The third kappa shape index (κ3) is 6.06. The van der Waals surface area contributed by atoms with Crippen LogP contribution in [0.15, 0.2) is 69.8 Å². The first-order valence-electron chi connectivity index (χ1n) is 13.6. The molecule has 0 aliphatic carbocycles. The fourth-order valence-electron chi connectivity index (χ4n) is 5.67. The maximum Gasteiger partial charge on any atom is 0.254 e. The number of methoxy groups -OCH3 is 1. The third-order valence-electron chi connectivity index (χ3n) is 8.07. The van der Waals surface area contributed by atoms with Crippen LogP contribution in [0.3, 0.4) is 0 Å². The van der Waals surface area contributed by atoms with Gasteiger partial charge in [0.15, 0.2) is 0 Å². The highest BCUT2D eigenvalue weighted by molar-refractivity contribution is 7.93. The monoisotopic (exact) mass is 567 g/mol. The third-order valence-corrected chi connectivity index (χ3v) is 11.4. The molecular formula is C30H37N3O4S2. The summed E-state index contributed by atoms with van der Waals surface area (Å²) in [7, 11) is -1.98. The summed E-state index contributed by atoms with van der Waals surface area (Å²) in [5.74, 6) is 0.782. The average Bonchev–Trinajstić information content (AvgIpc) is 3.44. The number of benzene rings is 2. The number of carbonyl (C=O) groups excluding carboxylic acids is 1. The van der Waals surface area contributed by atoms with E-state index in [1.54, 1.807) is 37.4 Å². The Morgan fingerprint density at radius 3 is 2.36 bits per heavy atom. The molecule has 39 heavy (non-hydrogen) atoms. The van der Waals surface area contributed by atoms with Crippen molar-refractivity contribution in [1.29, 1.82) is 0 Å². The molecule has 0 unspecified atom stereocenters. The van der Waals surface area contributed by atoms with Gasteiger partial charge in [-0.3, -0.25) is 14.6 Å². The molecule has 1 atom stereocenters. The molecule has 2 aliphatic heterocycles. The Labute approximate surface area is 235 Å². The van der Waals surface area contributed by atoms with E-state index in [0.29, 0.717) is 22.0 Å². The van der Waals surface area contributed by atoms with Crippen LogP contribution in [-0.2, 0) is 16.4 Å². The summed E-state index contributed by atoms with van der Waals surface area (Å²) < 4.78 is 31.7. The Hall–Kier alpha value is -2.72. The first kappa shape index (κ1) is 27.8. The second-order valence-corrected chi connectivity index (χ2v) is 13.9. The van der Waals surface area contributed by atoms with Gasteiger partial charge in [0.1, 0.15) is 9.96 Å². The highest BCUT2D eigenvalue weighted by atomic mass is 32.2. The number of sulfone groups is 1. The SMILES string of the molecule is COc1ccc(S(=O)(=O)c2ccc(CN3CCN(C4CCN(C(=O)c5ccccc5C)CC4)C[C@H]3C)s2)cc1. The molecule has 208 valence electrons. The molecule has 0 saturated carbocycles. The van der Waals surface area contributed by atoms with Crippen molar-refractivity contribution in [2.75, 3.05) is 39.8 Å². The first-order valence-corrected chi connectivity index (χ1v) is 15.9. The van der Waals surface area contributed by atoms with Crippen LogP contribution in [0.4, 0.5) is 0 Å². The van der Waals surface area contributed by atoms with E-state index in [1.165, 1.54) is 11.3 Å². The number of aryl methyl sites for hydroxylation is 1. The van der Waals surface area contributed by atoms with E-state index in [2.05, 4.69) is 16.7 Å². The van der Waals surface area contributed by atoms with Gasteiger partial charge in [-0.1, -0.05) is 18.2 Å². The number of piperazine rings is 1. The number of ether oxygens (including phenoxy) is 1. The minimum atomic E-state index is -3.54. The summed E-state index contributed by atoms with van der Waals surface area (Å²) in [6.45, 7) is 9.52. The molecule has 9 heteroatoms. The molecule has 3 aromatic rings. The predicted octanol–water partition coefficient (Wildman–Crippen LogP) is 4.71. The largest absolute Gasteiger partial charge is 0.497 e. The van der Waals surface area contributed by atoms with Crippen LogP contribution < -0.4 is 4.74 Å². The quantitative estimate of drug-likeness (QED) is 0.412. The number of piperidine rings is 1. The molecule has 3 heterocycles. The van der Waals surface area contributed by atoms with E-state index in [1.807, 2.05) is 42.2 Å². The van der Waals surface area contributed by atoms with Gasteiger partial charge in [0.05, 0.1) is 12.0 Å². The molecule has 5 rings (SSSR count). The van der Waals surface area contributed by atoms with E-state index in [0.717, 1.165) is 68.1 Å². The number of carbonyl (C=O) groups is 1. The van der Waals surface area contributed by atoms with Crippen LogP contribution in [0.2, 0.25) is 0 Å². The molecule has 0 N–H and O–H groups in total. The number of nitrogens with zero attached hydrogens (tertiary/aromatic N) is 3. The zero-order chi connectivity index (χ0) is 27.6. The van der Waals surface area contributed by atoms with Gasteiger partial charge in [-0.25, -0.2) is 8.42 Å². The van der Waals surface area contributed by atoms with Crippen molar-refractivity contribution in [1.82, 2.24) is 14.7 Å². The fraction of sp³-hybridized carbons (Fsp3) is 0.433. The summed E-state index contributed by atoms with van der Waals surface area (Å²) in [5, 5.41) is 0. The number of hydrogen-bond acceptors (Lipinski definition) is 7. The van der Waals surface area contributed by atoms with Crippen LogP contribution in [0.25, 0.3) is 0 Å². The number of rotatable bonds is 7. The Bertz CT molecular complexity index is 1400. The minimum absolute atomic E-state index is 0.147. The summed E-state index contributed by atoms with van der Waals surface area (Å²) in [4.78, 5) is 21.4. The van der Waals surface area contributed by atoms with E-state index < -0.39 is 9.84 Å². The lowest BCUT2D eigenvalue weighted by atomic mass is 9.99. The molecular weight excluding hydrogens is 530 g/mol. The molecule has 2 saturated heterocycles. The Morgan fingerprint density at radius 2 is 1.69 bits per heavy atom. The van der Waals surface area contributed by atoms with Crippen molar-refractivity contribution in [3.63, 3.8) is 0 Å². The van der Waals surface area contributed by atoms with Crippen LogP contribution in [0, 0.1) is 6.92 Å². The molecule has 7 nitrogen and oxygen atoms in total. The zero-order valence-corrected chi connectivity index (χ0v) is 24.5. The van der Waals surface area contributed by atoms with Crippen molar-refractivity contribution < 1.29 is 17.9 Å². The fourth-order valence-corrected chi connectivity index (χ4v) is 8.45. The number of amides is 1. The number of thiophene rings is 1. The molecule has 1 aromatic heterocycles. The Balaban J connectivity index is 1.14. The molecule has 2 fully saturated rings. The van der Waals surface area contributed by atoms with Crippen molar-refractivity contribution in [3.8, 4) is 5.75 Å². The second-order valence-electron chi connectivity index (χ2n) is 10.6. The van der Waals surface area contributed by atoms with E-state index in [-0.39, 0.29) is 10.8 Å². The summed E-state index contributed by atoms with van der Waals surface area (Å²) in [6.07, 6.45) is 2.00. The van der Waals surface area contributed by atoms with Crippen LogP contribution in [0.1, 0.15) is 40.6 Å². The van der Waals surface area contributed by atoms with Crippen molar-refractivity contribution >= 4 is 27.1 Å². The molecule has 0 bridgehead atoms. The highest BCUT2D eigenvalue weighted by Crippen LogP contribution is 2.30. The maximum atomic E-state index is 13.1. The Morgan fingerprint density at radius 1 is 0.974 bits per heavy atom. The first-order chi connectivity index (χ1) is 18.8. The van der Waals surface area contributed by atoms with Gasteiger partial charge < -0.3 is 9.64 Å². The number of hydrogen-bond donors (Lipinski definition) is 0. The predicted molar refractivity (Wildman–Crippen MR) is 154 cm³/mol. The summed E-state index contributed by atoms with van der Waals surface area (Å²) >= 11 is 1.36. The second kappa shape index (κ2) is 11.8. The normalized spacial score (nSPS) is 19.8. The average molecular weight is 568 g/mol. The molecule has 1 amide bonds. The lowest BCUT2D eigenvalue weighted by Crippen LogP contribution is -2.56. The standard InChI is InChI=1S/C30H37N3O4S2/c1-22-6-4-5-7-28(22)30(34)31-16-14-24(15-17-31)33-19-18-32(23(2)20-33)21-26-10-13-29(38-26)39(35,36)27-11-8-25(37-3)9-12-27/h4-13,23-24H,14-21H2,1-3H3/t23-/m1/s1. The van der Waals surface area contributed by atoms with Crippen molar-refractivity contribution in [2.24, 2.45) is 0 Å². The van der Waals surface area contributed by atoms with Gasteiger partial charge in [-0.05, 0) is 74.7 Å². The minimum Gasteiger partial charge on any atom is -0.497 e. The van der Waals surface area contributed by atoms with Gasteiger partial charge in [-0.15, -0.1) is 11.3 Å². The van der Waals surface area contributed by atoms with Gasteiger partial charge in [0, 0.05) is 61.8 Å². The van der Waals surface area contributed by atoms with Crippen LogP contribution in [-0.4, -0.2) is 80.9 Å². The van der Waals surface area contributed by atoms with Crippen molar-refractivity contribution in [2.45, 2.75) is 54.4 Å². The van der Waals surface area contributed by atoms with E-state index >= 15 is 0 Å². The van der Waals surface area contributed by atoms with E-state index in [4.69, 9.17) is 4.74 Å². The highest BCUT2D eigenvalue weighted by Gasteiger charge is 2.32. The molecule has 0 spiro atoms. The molecule has 0 radical (unpaired) electrons.